The largest absolute Gasteiger partial charge is 0.311 e. The van der Waals surface area contributed by atoms with Gasteiger partial charge in [0.15, 0.2) is 0 Å². The highest BCUT2D eigenvalue weighted by Gasteiger charge is 2.31. The predicted octanol–water partition coefficient (Wildman–Crippen LogP) is 2.77. The monoisotopic (exact) mass is 285 g/mol. The van der Waals surface area contributed by atoms with E-state index in [1.165, 1.54) is 25.0 Å². The van der Waals surface area contributed by atoms with E-state index in [1.54, 1.807) is 0 Å². The molecule has 0 aromatic carbocycles. The highest BCUT2D eigenvalue weighted by atomic mass is 79.9. The van der Waals surface area contributed by atoms with Crippen molar-refractivity contribution < 1.29 is 0 Å². The van der Waals surface area contributed by atoms with Crippen molar-refractivity contribution in [3.8, 4) is 0 Å². The van der Waals surface area contributed by atoms with Crippen molar-refractivity contribution >= 4 is 15.9 Å². The summed E-state index contributed by atoms with van der Waals surface area (Å²) in [6.45, 7) is 6.41. The van der Waals surface area contributed by atoms with Gasteiger partial charge in [0.2, 0.25) is 0 Å². The summed E-state index contributed by atoms with van der Waals surface area (Å²) in [7, 11) is 2.00. The maximum atomic E-state index is 4.39. The standard InChI is InChI=1S/C12H20BrN3/c1-9-11(13)10(16(3)15-9)7-14-8-12(2)5-4-6-12/h14H,4-8H2,1-3H3. The van der Waals surface area contributed by atoms with Crippen LogP contribution in [0.5, 0.6) is 0 Å². The molecule has 1 aromatic rings. The van der Waals surface area contributed by atoms with Crippen LogP contribution in [0.4, 0.5) is 0 Å². The molecule has 0 atom stereocenters. The Labute approximate surface area is 106 Å². The Morgan fingerprint density at radius 3 is 2.62 bits per heavy atom. The lowest BCUT2D eigenvalue weighted by Gasteiger charge is -2.38. The third-order valence-electron chi connectivity index (χ3n) is 3.67. The van der Waals surface area contributed by atoms with Crippen molar-refractivity contribution in [3.63, 3.8) is 0 Å². The van der Waals surface area contributed by atoms with Crippen LogP contribution in [-0.4, -0.2) is 16.3 Å². The first-order valence-corrected chi connectivity index (χ1v) is 6.70. The van der Waals surface area contributed by atoms with Gasteiger partial charge in [-0.15, -0.1) is 0 Å². The summed E-state index contributed by atoms with van der Waals surface area (Å²) in [5, 5.41) is 7.94. The third-order valence-corrected chi connectivity index (χ3v) is 4.70. The van der Waals surface area contributed by atoms with Crippen molar-refractivity contribution in [1.29, 1.82) is 0 Å². The molecule has 0 bridgehead atoms. The fraction of sp³-hybridized carbons (Fsp3) is 0.750. The van der Waals surface area contributed by atoms with Crippen LogP contribution in [0, 0.1) is 12.3 Å². The number of nitrogens with one attached hydrogen (secondary N) is 1. The second-order valence-corrected chi connectivity index (χ2v) is 6.03. The summed E-state index contributed by atoms with van der Waals surface area (Å²) >= 11 is 3.59. The Morgan fingerprint density at radius 1 is 1.50 bits per heavy atom. The summed E-state index contributed by atoms with van der Waals surface area (Å²) in [5.74, 6) is 0. The first kappa shape index (κ1) is 12.1. The molecular weight excluding hydrogens is 266 g/mol. The zero-order valence-corrected chi connectivity index (χ0v) is 11.9. The fourth-order valence-electron chi connectivity index (χ4n) is 2.31. The molecule has 90 valence electrons. The highest BCUT2D eigenvalue weighted by molar-refractivity contribution is 9.10. The van der Waals surface area contributed by atoms with E-state index in [-0.39, 0.29) is 0 Å². The minimum atomic E-state index is 0.542. The number of hydrogen-bond acceptors (Lipinski definition) is 2. The van der Waals surface area contributed by atoms with Crippen molar-refractivity contribution in [2.45, 2.75) is 39.7 Å². The maximum absolute atomic E-state index is 4.39. The molecule has 1 N–H and O–H groups in total. The summed E-state index contributed by atoms with van der Waals surface area (Å²) in [5.41, 5.74) is 2.84. The summed E-state index contributed by atoms with van der Waals surface area (Å²) < 4.78 is 3.09. The van der Waals surface area contributed by atoms with Gasteiger partial charge >= 0.3 is 0 Å². The number of aryl methyl sites for hydroxylation is 2. The molecule has 1 aliphatic carbocycles. The van der Waals surface area contributed by atoms with Gasteiger partial charge in [-0.2, -0.15) is 5.10 Å². The number of halogens is 1. The Balaban J connectivity index is 1.89. The van der Waals surface area contributed by atoms with Gasteiger partial charge in [0, 0.05) is 20.1 Å². The van der Waals surface area contributed by atoms with Gasteiger partial charge in [-0.25, -0.2) is 0 Å². The summed E-state index contributed by atoms with van der Waals surface area (Å²) in [6.07, 6.45) is 4.13. The van der Waals surface area contributed by atoms with Gasteiger partial charge < -0.3 is 5.32 Å². The SMILES string of the molecule is Cc1nn(C)c(CNCC2(C)CCC2)c1Br. The Bertz CT molecular complexity index is 380. The maximum Gasteiger partial charge on any atom is 0.0739 e. The molecular formula is C12H20BrN3. The van der Waals surface area contributed by atoms with Gasteiger partial charge in [-0.3, -0.25) is 4.68 Å². The van der Waals surface area contributed by atoms with E-state index in [1.807, 2.05) is 18.7 Å². The molecule has 0 unspecified atom stereocenters. The molecule has 2 rings (SSSR count). The molecule has 16 heavy (non-hydrogen) atoms. The summed E-state index contributed by atoms with van der Waals surface area (Å²) in [4.78, 5) is 0. The van der Waals surface area contributed by atoms with Crippen molar-refractivity contribution in [2.75, 3.05) is 6.54 Å². The second-order valence-electron chi connectivity index (χ2n) is 5.24. The highest BCUT2D eigenvalue weighted by Crippen LogP contribution is 2.39. The second kappa shape index (κ2) is 4.49. The average Bonchev–Trinajstić information content (AvgIpc) is 2.42. The molecule has 1 aromatic heterocycles. The minimum absolute atomic E-state index is 0.542. The number of aromatic nitrogens is 2. The van der Waals surface area contributed by atoms with Crippen LogP contribution in [-0.2, 0) is 13.6 Å². The number of hydrogen-bond donors (Lipinski definition) is 1. The van der Waals surface area contributed by atoms with Crippen LogP contribution in [0.3, 0.4) is 0 Å². The lowest BCUT2D eigenvalue weighted by Crippen LogP contribution is -2.37. The zero-order valence-electron chi connectivity index (χ0n) is 10.3. The molecule has 0 aliphatic heterocycles. The number of rotatable bonds is 4. The molecule has 1 heterocycles. The van der Waals surface area contributed by atoms with Crippen molar-refractivity contribution in [1.82, 2.24) is 15.1 Å². The molecule has 3 nitrogen and oxygen atoms in total. The van der Waals surface area contributed by atoms with E-state index in [0.29, 0.717) is 5.41 Å². The zero-order chi connectivity index (χ0) is 11.8. The van der Waals surface area contributed by atoms with Gasteiger partial charge in [0.05, 0.1) is 15.9 Å². The van der Waals surface area contributed by atoms with Crippen LogP contribution in [0.1, 0.15) is 37.6 Å². The quantitative estimate of drug-likeness (QED) is 0.922. The van der Waals surface area contributed by atoms with E-state index in [2.05, 4.69) is 33.3 Å². The van der Waals surface area contributed by atoms with Gasteiger partial charge in [-0.05, 0) is 41.1 Å². The normalized spacial score (nSPS) is 18.5. The third kappa shape index (κ3) is 2.33. The first-order chi connectivity index (χ1) is 7.52. The van der Waals surface area contributed by atoms with Gasteiger partial charge in [0.25, 0.3) is 0 Å². The van der Waals surface area contributed by atoms with Crippen LogP contribution >= 0.6 is 15.9 Å². The molecule has 1 saturated carbocycles. The van der Waals surface area contributed by atoms with Crippen LogP contribution in [0.2, 0.25) is 0 Å². The predicted molar refractivity (Wildman–Crippen MR) is 69.3 cm³/mol. The first-order valence-electron chi connectivity index (χ1n) is 5.90. The molecule has 1 fully saturated rings. The van der Waals surface area contributed by atoms with Gasteiger partial charge in [0.1, 0.15) is 0 Å². The Hall–Kier alpha value is -0.350. The summed E-state index contributed by atoms with van der Waals surface area (Å²) in [6, 6.07) is 0. The van der Waals surface area contributed by atoms with Crippen LogP contribution in [0.25, 0.3) is 0 Å². The van der Waals surface area contributed by atoms with E-state index in [0.717, 1.165) is 23.3 Å². The van der Waals surface area contributed by atoms with Crippen molar-refractivity contribution in [3.05, 3.63) is 15.9 Å². The Kier molecular flexibility index (Phi) is 3.40. The van der Waals surface area contributed by atoms with Crippen molar-refractivity contribution in [2.24, 2.45) is 12.5 Å². The minimum Gasteiger partial charge on any atom is -0.311 e. The van der Waals surface area contributed by atoms with E-state index < -0.39 is 0 Å². The topological polar surface area (TPSA) is 29.9 Å². The molecule has 0 spiro atoms. The molecule has 0 radical (unpaired) electrons. The van der Waals surface area contributed by atoms with Crippen LogP contribution in [0.15, 0.2) is 4.47 Å². The lowest BCUT2D eigenvalue weighted by atomic mass is 9.70. The van der Waals surface area contributed by atoms with E-state index >= 15 is 0 Å². The molecule has 0 amide bonds. The Morgan fingerprint density at radius 2 is 2.19 bits per heavy atom. The molecule has 0 saturated heterocycles. The smallest absolute Gasteiger partial charge is 0.0739 e. The van der Waals surface area contributed by atoms with Crippen LogP contribution < -0.4 is 5.32 Å². The average molecular weight is 286 g/mol. The fourth-order valence-corrected chi connectivity index (χ4v) is 2.79. The van der Waals surface area contributed by atoms with E-state index in [4.69, 9.17) is 0 Å². The molecule has 1 aliphatic rings. The van der Waals surface area contributed by atoms with E-state index in [9.17, 15) is 0 Å². The number of nitrogens with zero attached hydrogens (tertiary/aromatic N) is 2. The van der Waals surface area contributed by atoms with Gasteiger partial charge in [-0.1, -0.05) is 13.3 Å². The molecule has 4 heteroatoms. The lowest BCUT2D eigenvalue weighted by molar-refractivity contribution is 0.156.